The Morgan fingerprint density at radius 2 is 2.00 bits per heavy atom. The van der Waals surface area contributed by atoms with Crippen LogP contribution in [-0.2, 0) is 4.79 Å². The third-order valence-electron chi connectivity index (χ3n) is 7.36. The average molecular weight is 286 g/mol. The van der Waals surface area contributed by atoms with E-state index in [4.69, 9.17) is 0 Å². The highest BCUT2D eigenvalue weighted by Gasteiger charge is 2.58. The van der Waals surface area contributed by atoms with E-state index in [1.54, 1.807) is 12.2 Å². The van der Waals surface area contributed by atoms with Gasteiger partial charge in [-0.1, -0.05) is 31.9 Å². The molecule has 4 aliphatic carbocycles. The Labute approximate surface area is 127 Å². The van der Waals surface area contributed by atoms with Crippen LogP contribution in [0.25, 0.3) is 0 Å². The van der Waals surface area contributed by atoms with E-state index < -0.39 is 0 Å². The zero-order valence-electron chi connectivity index (χ0n) is 13.1. The predicted molar refractivity (Wildman–Crippen MR) is 82.6 cm³/mol. The van der Waals surface area contributed by atoms with E-state index in [9.17, 15) is 9.90 Å². The van der Waals surface area contributed by atoms with Gasteiger partial charge in [-0.3, -0.25) is 4.79 Å². The van der Waals surface area contributed by atoms with E-state index in [0.717, 1.165) is 0 Å². The minimum absolute atomic E-state index is 0.00171. The molecule has 21 heavy (non-hydrogen) atoms. The zero-order valence-corrected chi connectivity index (χ0v) is 13.1. The number of hydrogen-bond acceptors (Lipinski definition) is 2. The van der Waals surface area contributed by atoms with Crippen molar-refractivity contribution in [2.45, 2.75) is 58.5 Å². The maximum absolute atomic E-state index is 11.7. The summed E-state index contributed by atoms with van der Waals surface area (Å²) < 4.78 is 0. The topological polar surface area (TPSA) is 37.3 Å². The van der Waals surface area contributed by atoms with E-state index in [1.807, 2.05) is 0 Å². The molecule has 0 aromatic rings. The molecule has 3 saturated carbocycles. The van der Waals surface area contributed by atoms with Crippen LogP contribution < -0.4 is 0 Å². The Hall–Kier alpha value is -0.890. The molecule has 0 aliphatic heterocycles. The Balaban J connectivity index is 1.76. The van der Waals surface area contributed by atoms with Gasteiger partial charge in [0.15, 0.2) is 5.78 Å². The fraction of sp³-hybridized carbons (Fsp3) is 0.737. The van der Waals surface area contributed by atoms with Crippen molar-refractivity contribution in [3.63, 3.8) is 0 Å². The van der Waals surface area contributed by atoms with Crippen molar-refractivity contribution in [1.82, 2.24) is 0 Å². The molecule has 114 valence electrons. The lowest BCUT2D eigenvalue weighted by Gasteiger charge is -2.57. The van der Waals surface area contributed by atoms with E-state index in [2.05, 4.69) is 19.9 Å². The van der Waals surface area contributed by atoms with Gasteiger partial charge in [0.25, 0.3) is 0 Å². The number of carbonyl (C=O) groups is 1. The Morgan fingerprint density at radius 1 is 1.19 bits per heavy atom. The normalized spacial score (nSPS) is 52.0. The molecule has 4 rings (SSSR count). The summed E-state index contributed by atoms with van der Waals surface area (Å²) in [6.07, 6.45) is 12.6. The smallest absolute Gasteiger partial charge is 0.178 e. The number of rotatable bonds is 0. The number of ketones is 1. The molecule has 2 nitrogen and oxygen atoms in total. The summed E-state index contributed by atoms with van der Waals surface area (Å²) in [7, 11) is 0. The van der Waals surface area contributed by atoms with Crippen LogP contribution in [0.15, 0.2) is 23.8 Å². The second kappa shape index (κ2) is 4.32. The molecule has 0 amide bonds. The van der Waals surface area contributed by atoms with Gasteiger partial charge in [-0.25, -0.2) is 0 Å². The van der Waals surface area contributed by atoms with Gasteiger partial charge < -0.3 is 5.11 Å². The fourth-order valence-corrected chi connectivity index (χ4v) is 6.16. The lowest BCUT2D eigenvalue weighted by Crippen LogP contribution is -2.53. The Bertz CT molecular complexity index is 546. The van der Waals surface area contributed by atoms with Gasteiger partial charge >= 0.3 is 0 Å². The number of fused-ring (bicyclic) bond motifs is 5. The maximum Gasteiger partial charge on any atom is 0.178 e. The molecule has 0 unspecified atom stereocenters. The van der Waals surface area contributed by atoms with Crippen molar-refractivity contribution in [3.05, 3.63) is 23.8 Å². The van der Waals surface area contributed by atoms with Crippen molar-refractivity contribution >= 4 is 5.78 Å². The van der Waals surface area contributed by atoms with E-state index in [0.29, 0.717) is 29.6 Å². The van der Waals surface area contributed by atoms with E-state index in [1.165, 1.54) is 37.7 Å². The monoisotopic (exact) mass is 286 g/mol. The summed E-state index contributed by atoms with van der Waals surface area (Å²) in [6, 6.07) is 0. The molecule has 0 bridgehead atoms. The maximum atomic E-state index is 11.7. The average Bonchev–Trinajstić information content (AvgIpc) is 2.82. The van der Waals surface area contributed by atoms with Crippen molar-refractivity contribution in [1.29, 1.82) is 0 Å². The molecule has 2 heteroatoms. The van der Waals surface area contributed by atoms with Crippen LogP contribution in [0.1, 0.15) is 52.4 Å². The van der Waals surface area contributed by atoms with Crippen LogP contribution in [0.3, 0.4) is 0 Å². The SMILES string of the molecule is C[C@@]12CCC[C@H]1[C@@H]1[C@@H](O)CC3=CC(=O)C=C[C@]3(C)[C@H]1CC2. The third kappa shape index (κ3) is 1.78. The second-order valence-electron chi connectivity index (χ2n) is 8.33. The lowest BCUT2D eigenvalue weighted by molar-refractivity contribution is -0.111. The van der Waals surface area contributed by atoms with Crippen molar-refractivity contribution in [2.75, 3.05) is 0 Å². The highest BCUT2D eigenvalue weighted by molar-refractivity contribution is 6.01. The first-order chi connectivity index (χ1) is 9.94. The van der Waals surface area contributed by atoms with Crippen molar-refractivity contribution < 1.29 is 9.90 Å². The van der Waals surface area contributed by atoms with Gasteiger partial charge in [0.1, 0.15) is 0 Å². The minimum Gasteiger partial charge on any atom is -0.392 e. The number of aliphatic hydroxyl groups excluding tert-OH is 1. The molecule has 0 aromatic heterocycles. The first-order valence-electron chi connectivity index (χ1n) is 8.56. The highest BCUT2D eigenvalue weighted by atomic mass is 16.3. The number of hydrogen-bond donors (Lipinski definition) is 1. The predicted octanol–water partition coefficient (Wildman–Crippen LogP) is 3.66. The van der Waals surface area contributed by atoms with Gasteiger partial charge in [-0.15, -0.1) is 0 Å². The molecule has 3 fully saturated rings. The molecule has 0 saturated heterocycles. The molecule has 1 N–H and O–H groups in total. The highest BCUT2D eigenvalue weighted by Crippen LogP contribution is 2.64. The van der Waals surface area contributed by atoms with Gasteiger partial charge in [0, 0.05) is 5.41 Å². The molecular weight excluding hydrogens is 260 g/mol. The summed E-state index contributed by atoms with van der Waals surface area (Å²) in [5.74, 6) is 1.70. The van der Waals surface area contributed by atoms with E-state index in [-0.39, 0.29) is 17.3 Å². The summed E-state index contributed by atoms with van der Waals surface area (Å²) in [6.45, 7) is 4.74. The lowest BCUT2D eigenvalue weighted by atomic mass is 9.48. The minimum atomic E-state index is -0.253. The van der Waals surface area contributed by atoms with Gasteiger partial charge in [-0.05, 0) is 67.4 Å². The first kappa shape index (κ1) is 13.8. The standard InChI is InChI=1S/C19H26O2/c1-18-7-3-4-14(18)17-15(6-8-18)19(2)9-5-13(20)10-12(19)11-16(17)21/h5,9-10,14-17,21H,3-4,6-8,11H2,1-2H3/t14-,15-,16-,17-,18-,19-/m0/s1. The molecule has 0 heterocycles. The van der Waals surface area contributed by atoms with Crippen LogP contribution in [0.4, 0.5) is 0 Å². The molecule has 6 atom stereocenters. The quantitative estimate of drug-likeness (QED) is 0.738. The number of carbonyl (C=O) groups excluding carboxylic acids is 1. The zero-order chi connectivity index (χ0) is 14.8. The van der Waals surface area contributed by atoms with Crippen LogP contribution in [0.2, 0.25) is 0 Å². The second-order valence-corrected chi connectivity index (χ2v) is 8.33. The largest absolute Gasteiger partial charge is 0.392 e. The molecular formula is C19H26O2. The summed E-state index contributed by atoms with van der Waals surface area (Å²) >= 11 is 0. The summed E-state index contributed by atoms with van der Waals surface area (Å²) in [5.41, 5.74) is 1.63. The summed E-state index contributed by atoms with van der Waals surface area (Å²) in [4.78, 5) is 11.7. The van der Waals surface area contributed by atoms with Gasteiger partial charge in [0.05, 0.1) is 6.10 Å². The van der Waals surface area contributed by atoms with Crippen molar-refractivity contribution in [2.24, 2.45) is 28.6 Å². The van der Waals surface area contributed by atoms with Crippen LogP contribution in [0.5, 0.6) is 0 Å². The number of allylic oxidation sites excluding steroid dienone is 3. The summed E-state index contributed by atoms with van der Waals surface area (Å²) in [5, 5.41) is 10.8. The van der Waals surface area contributed by atoms with Crippen LogP contribution in [-0.4, -0.2) is 17.0 Å². The number of aliphatic hydroxyl groups is 1. The van der Waals surface area contributed by atoms with Gasteiger partial charge in [-0.2, -0.15) is 0 Å². The fourth-order valence-electron chi connectivity index (χ4n) is 6.16. The van der Waals surface area contributed by atoms with Crippen LogP contribution in [0, 0.1) is 28.6 Å². The van der Waals surface area contributed by atoms with Crippen LogP contribution >= 0.6 is 0 Å². The molecule has 0 spiro atoms. The third-order valence-corrected chi connectivity index (χ3v) is 7.36. The van der Waals surface area contributed by atoms with Gasteiger partial charge in [0.2, 0.25) is 0 Å². The first-order valence-corrected chi connectivity index (χ1v) is 8.56. The van der Waals surface area contributed by atoms with Crippen molar-refractivity contribution in [3.8, 4) is 0 Å². The molecule has 0 aromatic carbocycles. The Kier molecular flexibility index (Phi) is 2.83. The molecule has 0 radical (unpaired) electrons. The molecule has 4 aliphatic rings. The van der Waals surface area contributed by atoms with E-state index >= 15 is 0 Å². The Morgan fingerprint density at radius 3 is 2.81 bits per heavy atom.